The van der Waals surface area contributed by atoms with Gasteiger partial charge in [0.05, 0.1) is 0 Å². The normalized spacial score (nSPS) is 11.8. The van der Waals surface area contributed by atoms with Crippen LogP contribution in [0.25, 0.3) is 16.9 Å². The molecule has 2 nitrogen and oxygen atoms in total. The van der Waals surface area contributed by atoms with Gasteiger partial charge in [0.1, 0.15) is 0 Å². The van der Waals surface area contributed by atoms with Gasteiger partial charge in [0.25, 0.3) is 0 Å². The third-order valence-electron chi connectivity index (χ3n) is 17.0. The van der Waals surface area contributed by atoms with Crippen LogP contribution in [0.15, 0.2) is 60.2 Å². The van der Waals surface area contributed by atoms with E-state index in [1.807, 2.05) is 0 Å². The second kappa shape index (κ2) is 62.7. The van der Waals surface area contributed by atoms with Crippen LogP contribution < -0.4 is 0 Å². The Kier molecular flexibility index (Phi) is 60.5. The fraction of sp³-hybridized carbons (Fsp3) is 0.747. The van der Waals surface area contributed by atoms with Crippen molar-refractivity contribution in [3.8, 4) is 11.8 Å². The zero-order valence-electron chi connectivity index (χ0n) is 55.1. The van der Waals surface area contributed by atoms with Crippen LogP contribution in [0.1, 0.15) is 391 Å². The summed E-state index contributed by atoms with van der Waals surface area (Å²) in [5.41, 5.74) is 19.5. The van der Waals surface area contributed by atoms with E-state index in [4.69, 9.17) is 12.8 Å². The molecule has 0 radical (unpaired) electrons. The molecule has 0 saturated heterocycles. The molecule has 468 valence electrons. The zero-order valence-corrected chi connectivity index (χ0v) is 56.1. The maximum absolute atomic E-state index is 11.4. The van der Waals surface area contributed by atoms with Crippen molar-refractivity contribution in [3.05, 3.63) is 101 Å². The van der Waals surface area contributed by atoms with Gasteiger partial charge in [-0.3, -0.25) is 0 Å². The van der Waals surface area contributed by atoms with E-state index in [0.29, 0.717) is 0 Å². The first-order chi connectivity index (χ1) is 40.0. The van der Waals surface area contributed by atoms with Crippen LogP contribution in [-0.2, 0) is 29.3 Å². The van der Waals surface area contributed by atoms with Gasteiger partial charge in [0, 0.05) is 22.8 Å². The largest absolute Gasteiger partial charge is 2.00 e. The summed E-state index contributed by atoms with van der Waals surface area (Å²) in [5, 5.41) is 0. The summed E-state index contributed by atoms with van der Waals surface area (Å²) >= 11 is 0. The van der Waals surface area contributed by atoms with Crippen LogP contribution in [0.4, 0.5) is 0 Å². The summed E-state index contributed by atoms with van der Waals surface area (Å²) in [7, 11) is 0. The number of hydrogen-bond donors (Lipinski definition) is 0. The molecule has 1 heterocycles. The minimum Gasteiger partial charge on any atom is -0.694 e. The second-order valence-corrected chi connectivity index (χ2v) is 24.8. The van der Waals surface area contributed by atoms with E-state index >= 15 is 0 Å². The molecule has 2 aromatic rings. The first-order valence-corrected chi connectivity index (χ1v) is 35.9. The van der Waals surface area contributed by atoms with Crippen molar-refractivity contribution in [2.24, 2.45) is 0 Å². The van der Waals surface area contributed by atoms with Crippen LogP contribution in [0.5, 0.6) is 0 Å². The molecule has 3 heteroatoms. The molecule has 82 heavy (non-hydrogen) atoms. The molecule has 1 aliphatic rings. The number of unbranched alkanes of at least 4 members (excludes halogenated alkanes) is 46. The van der Waals surface area contributed by atoms with E-state index in [0.717, 1.165) is 67.5 Å². The molecule has 0 amide bonds. The average molecular weight is 1170 g/mol. The first kappa shape index (κ1) is 79.1. The SMILES string of the molecule is CCCCCCCCc1cccc(C2=C(CCCC)C=C(c3cccc(CCCCC)c3)[N+]2=[N-])c1.[C-]#CCCCCCCCCCCCCCCCCCCCCC.[C-]#CCCCCCCCCCCCCCCCCCCCCC.[Ni+2]. The number of nitrogens with zero attached hydrogens (tertiary/aromatic N) is 2. The van der Waals surface area contributed by atoms with Crippen LogP contribution >= 0.6 is 0 Å². The van der Waals surface area contributed by atoms with Crippen LogP contribution in [-0.4, -0.2) is 4.70 Å². The molecule has 0 saturated carbocycles. The third-order valence-corrected chi connectivity index (χ3v) is 17.0. The van der Waals surface area contributed by atoms with Gasteiger partial charge in [-0.1, -0.05) is 341 Å². The Morgan fingerprint density at radius 1 is 0.329 bits per heavy atom. The van der Waals surface area contributed by atoms with Crippen LogP contribution in [0.2, 0.25) is 0 Å². The standard InChI is InChI=1S/C33H46N2.2C23H43.Ni/c1-4-7-10-11-12-14-18-28-20-16-23-30(25-28)33-31(21-9-6-3)26-32(35(33)34)29-22-15-19-27(24-29)17-13-8-5-2;2*1-3-5-7-9-11-13-15-17-19-21-23-22-20-18-16-14-12-10-8-6-4-2;/h15-16,19-20,22-26H,4-14,17-18,21H2,1-3H3;2*3,5-23H2,1H3;/q;2*-1;+2. The molecule has 0 N–H and O–H groups in total. The van der Waals surface area contributed by atoms with E-state index in [-0.39, 0.29) is 16.5 Å². The van der Waals surface area contributed by atoms with Gasteiger partial charge in [0.15, 0.2) is 0 Å². The predicted molar refractivity (Wildman–Crippen MR) is 362 cm³/mol. The molecule has 0 spiro atoms. The number of benzene rings is 2. The van der Waals surface area contributed by atoms with Gasteiger partial charge < -0.3 is 30.2 Å². The molecular weight excluding hydrogens is 1040 g/mol. The molecule has 3 rings (SSSR count). The summed E-state index contributed by atoms with van der Waals surface area (Å²) in [6.45, 7) is 11.3. The maximum Gasteiger partial charge on any atom is 2.00 e. The molecule has 0 unspecified atom stereocenters. The van der Waals surface area contributed by atoms with Gasteiger partial charge in [-0.2, -0.15) is 0 Å². The molecule has 0 bridgehead atoms. The molecule has 0 fully saturated rings. The molecule has 0 atom stereocenters. The molecule has 0 aliphatic carbocycles. The van der Waals surface area contributed by atoms with Gasteiger partial charge >= 0.3 is 16.5 Å². The number of allylic oxidation sites excluding steroid dienone is 2. The maximum atomic E-state index is 11.4. The van der Waals surface area contributed by atoms with Crippen molar-refractivity contribution in [1.82, 2.24) is 0 Å². The van der Waals surface area contributed by atoms with Crippen molar-refractivity contribution >= 4 is 11.4 Å². The summed E-state index contributed by atoms with van der Waals surface area (Å²) in [5.74, 6) is 4.95. The van der Waals surface area contributed by atoms with Crippen molar-refractivity contribution in [2.75, 3.05) is 0 Å². The Bertz CT molecular complexity index is 1800. The van der Waals surface area contributed by atoms with Crippen molar-refractivity contribution in [3.63, 3.8) is 0 Å². The fourth-order valence-corrected chi connectivity index (χ4v) is 11.7. The van der Waals surface area contributed by atoms with Crippen LogP contribution in [0.3, 0.4) is 0 Å². The summed E-state index contributed by atoms with van der Waals surface area (Å²) < 4.78 is 1.46. The smallest absolute Gasteiger partial charge is 0.694 e. The second-order valence-electron chi connectivity index (χ2n) is 24.8. The van der Waals surface area contributed by atoms with E-state index in [1.165, 1.54) is 323 Å². The predicted octanol–water partition coefficient (Wildman–Crippen LogP) is 27.1. The summed E-state index contributed by atoms with van der Waals surface area (Å²) in [6.07, 6.45) is 88.8. The molecule has 0 aromatic heterocycles. The Balaban J connectivity index is 0.00000124. The Labute approximate surface area is 523 Å². The van der Waals surface area contributed by atoms with E-state index < -0.39 is 0 Å². The molecular formula is C79H132N2Ni. The van der Waals surface area contributed by atoms with Gasteiger partial charge in [-0.25, -0.2) is 4.70 Å². The Morgan fingerprint density at radius 3 is 0.927 bits per heavy atom. The number of rotatable bonds is 54. The molecule has 2 aromatic carbocycles. The van der Waals surface area contributed by atoms with E-state index in [9.17, 15) is 5.53 Å². The Hall–Kier alpha value is -2.87. The van der Waals surface area contributed by atoms with Crippen LogP contribution in [0, 0.1) is 24.7 Å². The zero-order chi connectivity index (χ0) is 58.6. The first-order valence-electron chi connectivity index (χ1n) is 35.9. The quantitative estimate of drug-likeness (QED) is 0.0207. The fourth-order valence-electron chi connectivity index (χ4n) is 11.7. The Morgan fingerprint density at radius 2 is 0.598 bits per heavy atom. The molecule has 1 aliphatic heterocycles. The number of aryl methyl sites for hydroxylation is 2. The summed E-state index contributed by atoms with van der Waals surface area (Å²) in [6, 6.07) is 17.6. The van der Waals surface area contributed by atoms with Gasteiger partial charge in [0.2, 0.25) is 11.4 Å². The average Bonchev–Trinajstić information content (AvgIpc) is 4.10. The van der Waals surface area contributed by atoms with E-state index in [1.54, 1.807) is 0 Å². The van der Waals surface area contributed by atoms with Crippen molar-refractivity contribution in [1.29, 1.82) is 0 Å². The summed E-state index contributed by atoms with van der Waals surface area (Å²) in [4.78, 5) is 0. The number of hydrogen-bond acceptors (Lipinski definition) is 0. The third kappa shape index (κ3) is 46.4. The van der Waals surface area contributed by atoms with E-state index in [2.05, 4.69) is 101 Å². The topological polar surface area (TPSA) is 25.3 Å². The van der Waals surface area contributed by atoms with Crippen molar-refractivity contribution < 1.29 is 21.2 Å². The van der Waals surface area contributed by atoms with Gasteiger partial charge in [-0.05, 0) is 99.6 Å². The van der Waals surface area contributed by atoms with Gasteiger partial charge in [-0.15, -0.1) is 0 Å². The minimum atomic E-state index is 0. The monoisotopic (exact) mass is 1170 g/mol. The van der Waals surface area contributed by atoms with Crippen molar-refractivity contribution in [2.45, 2.75) is 381 Å². The minimum absolute atomic E-state index is 0.